The largest absolute Gasteiger partial charge is 0.351 e. The Labute approximate surface area is 132 Å². The maximum absolute atomic E-state index is 13.5. The Kier molecular flexibility index (Phi) is 6.38. The predicted molar refractivity (Wildman–Crippen MR) is 78.1 cm³/mol. The maximum Gasteiger partial charge on any atom is 0.257 e. The molecule has 0 atom stereocenters. The summed E-state index contributed by atoms with van der Waals surface area (Å²) in [4.78, 5) is 11.7. The fourth-order valence-corrected chi connectivity index (χ4v) is 2.80. The van der Waals surface area contributed by atoms with E-state index in [2.05, 4.69) is 10.6 Å². The lowest BCUT2D eigenvalue weighted by Crippen LogP contribution is -2.37. The maximum atomic E-state index is 13.5. The average Bonchev–Trinajstić information content (AvgIpc) is 2.78. The van der Waals surface area contributed by atoms with Crippen LogP contribution in [-0.4, -0.2) is 25.0 Å². The van der Waals surface area contributed by atoms with Crippen LogP contribution in [0.5, 0.6) is 0 Å². The van der Waals surface area contributed by atoms with Gasteiger partial charge in [-0.25, -0.2) is 17.6 Å². The Morgan fingerprint density at radius 1 is 0.957 bits per heavy atom. The molecule has 1 aromatic rings. The molecular formula is C16H20F4N2O. The van der Waals surface area contributed by atoms with Gasteiger partial charge in [0.25, 0.3) is 5.91 Å². The molecule has 0 bridgehead atoms. The molecule has 1 saturated carbocycles. The highest BCUT2D eigenvalue weighted by Crippen LogP contribution is 2.19. The Morgan fingerprint density at radius 3 is 2.09 bits per heavy atom. The Balaban J connectivity index is 1.85. The molecule has 0 spiro atoms. The highest BCUT2D eigenvalue weighted by molar-refractivity contribution is 5.94. The zero-order chi connectivity index (χ0) is 16.8. The van der Waals surface area contributed by atoms with Gasteiger partial charge in [-0.05, 0) is 12.8 Å². The quantitative estimate of drug-likeness (QED) is 0.376. The predicted octanol–water partition coefficient (Wildman–Crippen LogP) is 3.29. The minimum absolute atomic E-state index is 0.0784. The lowest BCUT2D eigenvalue weighted by atomic mass is 10.1. The summed E-state index contributed by atoms with van der Waals surface area (Å²) >= 11 is 0. The molecule has 1 fully saturated rings. The molecule has 1 aromatic carbocycles. The van der Waals surface area contributed by atoms with E-state index >= 15 is 0 Å². The molecule has 0 aliphatic heterocycles. The number of carbonyl (C=O) groups is 1. The Hall–Kier alpha value is -1.63. The third-order valence-electron chi connectivity index (χ3n) is 4.04. The number of hydrogen-bond acceptors (Lipinski definition) is 2. The van der Waals surface area contributed by atoms with Crippen molar-refractivity contribution in [2.24, 2.45) is 0 Å². The average molecular weight is 332 g/mol. The second kappa shape index (κ2) is 8.29. The van der Waals surface area contributed by atoms with Crippen LogP contribution in [0.15, 0.2) is 6.07 Å². The van der Waals surface area contributed by atoms with Crippen molar-refractivity contribution < 1.29 is 22.4 Å². The second-order valence-electron chi connectivity index (χ2n) is 5.74. The smallest absolute Gasteiger partial charge is 0.257 e. The molecule has 0 heterocycles. The fourth-order valence-electron chi connectivity index (χ4n) is 2.80. The van der Waals surface area contributed by atoms with Crippen LogP contribution in [0.2, 0.25) is 0 Å². The first kappa shape index (κ1) is 17.7. The molecule has 0 aromatic heterocycles. The number of amides is 1. The second-order valence-corrected chi connectivity index (χ2v) is 5.74. The lowest BCUT2D eigenvalue weighted by Gasteiger charge is -2.16. The van der Waals surface area contributed by atoms with E-state index in [1.807, 2.05) is 0 Å². The van der Waals surface area contributed by atoms with Gasteiger partial charge in [-0.3, -0.25) is 4.79 Å². The van der Waals surface area contributed by atoms with Crippen molar-refractivity contribution in [1.82, 2.24) is 10.6 Å². The van der Waals surface area contributed by atoms with Crippen LogP contribution in [0.3, 0.4) is 0 Å². The highest BCUT2D eigenvalue weighted by atomic mass is 19.2. The van der Waals surface area contributed by atoms with Crippen molar-refractivity contribution in [3.05, 3.63) is 34.9 Å². The molecule has 1 amide bonds. The zero-order valence-corrected chi connectivity index (χ0v) is 12.7. The van der Waals surface area contributed by atoms with Gasteiger partial charge < -0.3 is 10.6 Å². The lowest BCUT2D eigenvalue weighted by molar-refractivity contribution is 0.0942. The normalized spacial score (nSPS) is 16.2. The van der Waals surface area contributed by atoms with E-state index in [9.17, 15) is 22.4 Å². The van der Waals surface area contributed by atoms with Gasteiger partial charge in [-0.2, -0.15) is 0 Å². The van der Waals surface area contributed by atoms with Crippen LogP contribution in [0, 0.1) is 23.3 Å². The molecule has 23 heavy (non-hydrogen) atoms. The number of rotatable bonds is 5. The van der Waals surface area contributed by atoms with Crippen molar-refractivity contribution in [2.75, 3.05) is 13.1 Å². The first-order valence-electron chi connectivity index (χ1n) is 7.85. The molecule has 2 N–H and O–H groups in total. The van der Waals surface area contributed by atoms with Crippen LogP contribution in [0.25, 0.3) is 0 Å². The summed E-state index contributed by atoms with van der Waals surface area (Å²) in [5.41, 5.74) is -1.23. The summed E-state index contributed by atoms with van der Waals surface area (Å²) in [7, 11) is 0. The van der Waals surface area contributed by atoms with Gasteiger partial charge in [-0.1, -0.05) is 25.7 Å². The van der Waals surface area contributed by atoms with Crippen molar-refractivity contribution in [3.8, 4) is 0 Å². The van der Waals surface area contributed by atoms with Gasteiger partial charge in [-0.15, -0.1) is 0 Å². The zero-order valence-electron chi connectivity index (χ0n) is 12.7. The molecular weight excluding hydrogens is 312 g/mol. The Morgan fingerprint density at radius 2 is 1.52 bits per heavy atom. The standard InChI is InChI=1S/C16H20F4N2O/c17-11-9-12(18)15(20)13(14(11)19)16(23)22-8-7-21-10-5-3-1-2-4-6-10/h9-10,21H,1-8H2,(H,22,23). The number of nitrogens with one attached hydrogen (secondary N) is 2. The number of hydrogen-bond donors (Lipinski definition) is 2. The summed E-state index contributed by atoms with van der Waals surface area (Å²) < 4.78 is 53.1. The van der Waals surface area contributed by atoms with E-state index in [1.165, 1.54) is 12.8 Å². The van der Waals surface area contributed by atoms with E-state index in [4.69, 9.17) is 0 Å². The van der Waals surface area contributed by atoms with Gasteiger partial charge in [0, 0.05) is 25.2 Å². The Bertz CT molecular complexity index is 531. The van der Waals surface area contributed by atoms with Gasteiger partial charge >= 0.3 is 0 Å². The molecule has 1 aliphatic rings. The third kappa shape index (κ3) is 4.67. The van der Waals surface area contributed by atoms with Crippen molar-refractivity contribution in [3.63, 3.8) is 0 Å². The van der Waals surface area contributed by atoms with E-state index in [0.29, 0.717) is 12.6 Å². The SMILES string of the molecule is O=C(NCCNC1CCCCCC1)c1c(F)c(F)cc(F)c1F. The van der Waals surface area contributed by atoms with Crippen LogP contribution in [0.1, 0.15) is 48.9 Å². The minimum Gasteiger partial charge on any atom is -0.351 e. The van der Waals surface area contributed by atoms with Gasteiger partial charge in [0.05, 0.1) is 0 Å². The number of halogens is 4. The highest BCUT2D eigenvalue weighted by Gasteiger charge is 2.24. The summed E-state index contributed by atoms with van der Waals surface area (Å²) in [6, 6.07) is 0.448. The van der Waals surface area contributed by atoms with E-state index in [0.717, 1.165) is 25.7 Å². The van der Waals surface area contributed by atoms with Crippen LogP contribution in [-0.2, 0) is 0 Å². The molecule has 7 heteroatoms. The fraction of sp³-hybridized carbons (Fsp3) is 0.562. The summed E-state index contributed by atoms with van der Waals surface area (Å²) in [6.07, 6.45) is 6.88. The number of benzene rings is 1. The van der Waals surface area contributed by atoms with Crippen molar-refractivity contribution >= 4 is 5.91 Å². The first-order chi connectivity index (χ1) is 11.0. The molecule has 0 radical (unpaired) electrons. The van der Waals surface area contributed by atoms with Crippen molar-refractivity contribution in [2.45, 2.75) is 44.6 Å². The monoisotopic (exact) mass is 332 g/mol. The van der Waals surface area contributed by atoms with E-state index in [-0.39, 0.29) is 12.6 Å². The molecule has 0 saturated heterocycles. The van der Waals surface area contributed by atoms with Gasteiger partial charge in [0.1, 0.15) is 5.56 Å². The molecule has 1 aliphatic carbocycles. The first-order valence-corrected chi connectivity index (χ1v) is 7.85. The third-order valence-corrected chi connectivity index (χ3v) is 4.04. The van der Waals surface area contributed by atoms with Crippen molar-refractivity contribution in [1.29, 1.82) is 0 Å². The van der Waals surface area contributed by atoms with E-state index in [1.54, 1.807) is 0 Å². The van der Waals surface area contributed by atoms with Crippen LogP contribution < -0.4 is 10.6 Å². The summed E-state index contributed by atoms with van der Waals surface area (Å²) in [5, 5.41) is 5.55. The molecule has 128 valence electrons. The van der Waals surface area contributed by atoms with Gasteiger partial charge in [0.2, 0.25) is 0 Å². The van der Waals surface area contributed by atoms with Gasteiger partial charge in [0.15, 0.2) is 23.3 Å². The van der Waals surface area contributed by atoms with Crippen LogP contribution >= 0.6 is 0 Å². The molecule has 0 unspecified atom stereocenters. The summed E-state index contributed by atoms with van der Waals surface area (Å²) in [5.74, 6) is -7.71. The topological polar surface area (TPSA) is 41.1 Å². The molecule has 3 nitrogen and oxygen atoms in total. The van der Waals surface area contributed by atoms with E-state index < -0.39 is 34.7 Å². The summed E-state index contributed by atoms with van der Waals surface area (Å²) in [6.45, 7) is 0.545. The number of carbonyl (C=O) groups excluding carboxylic acids is 1. The van der Waals surface area contributed by atoms with Crippen LogP contribution in [0.4, 0.5) is 17.6 Å². The molecule has 2 rings (SSSR count). The minimum atomic E-state index is -1.68.